The number of methoxy groups -OCH3 is 1. The lowest BCUT2D eigenvalue weighted by molar-refractivity contribution is -0.116. The molecule has 0 fully saturated rings. The minimum absolute atomic E-state index is 0.161. The lowest BCUT2D eigenvalue weighted by atomic mass is 10.2. The molecule has 4 rings (SSSR count). The van der Waals surface area contributed by atoms with Crippen LogP contribution in [-0.2, 0) is 11.3 Å². The third-order valence-corrected chi connectivity index (χ3v) is 5.53. The van der Waals surface area contributed by atoms with E-state index in [1.165, 1.54) is 0 Å². The number of aromatic nitrogens is 3. The molecule has 0 atom stereocenters. The van der Waals surface area contributed by atoms with E-state index in [0.29, 0.717) is 47.5 Å². The molecule has 2 aromatic heterocycles. The first-order valence-electron chi connectivity index (χ1n) is 11.1. The maximum Gasteiger partial charge on any atom is 0.224 e. The molecule has 10 heteroatoms. The van der Waals surface area contributed by atoms with Crippen molar-refractivity contribution in [3.63, 3.8) is 0 Å². The van der Waals surface area contributed by atoms with Crippen LogP contribution in [0.25, 0.3) is 5.65 Å². The minimum atomic E-state index is -0.161. The second-order valence-electron chi connectivity index (χ2n) is 8.01. The van der Waals surface area contributed by atoms with Gasteiger partial charge in [-0.1, -0.05) is 29.8 Å². The van der Waals surface area contributed by atoms with Crippen molar-refractivity contribution in [1.29, 1.82) is 0 Å². The number of nitrogens with one attached hydrogen (secondary N) is 1. The van der Waals surface area contributed by atoms with Gasteiger partial charge in [-0.3, -0.25) is 4.79 Å². The molecule has 2 aromatic carbocycles. The number of amides is 1. The molecule has 0 aliphatic rings. The first-order chi connectivity index (χ1) is 16.9. The number of fused-ring (bicyclic) bond motifs is 1. The Labute approximate surface area is 208 Å². The largest absolute Gasteiger partial charge is 0.497 e. The van der Waals surface area contributed by atoms with Crippen molar-refractivity contribution < 1.29 is 14.3 Å². The molecule has 4 aromatic rings. The van der Waals surface area contributed by atoms with E-state index in [1.807, 2.05) is 48.3 Å². The van der Waals surface area contributed by atoms with Crippen molar-refractivity contribution in [2.75, 3.05) is 36.7 Å². The van der Waals surface area contributed by atoms with Crippen LogP contribution in [0.15, 0.2) is 60.8 Å². The summed E-state index contributed by atoms with van der Waals surface area (Å²) in [7, 11) is 3.58. The fraction of sp³-hybridized carbons (Fsp3) is 0.240. The highest BCUT2D eigenvalue weighted by molar-refractivity contribution is 6.29. The van der Waals surface area contributed by atoms with Gasteiger partial charge in [0.1, 0.15) is 28.2 Å². The Morgan fingerprint density at radius 3 is 2.71 bits per heavy atom. The van der Waals surface area contributed by atoms with Gasteiger partial charge < -0.3 is 25.4 Å². The molecule has 1 amide bonds. The van der Waals surface area contributed by atoms with Crippen LogP contribution in [0.5, 0.6) is 11.5 Å². The number of hydrogen-bond acceptors (Lipinski definition) is 7. The van der Waals surface area contributed by atoms with E-state index < -0.39 is 0 Å². The van der Waals surface area contributed by atoms with Gasteiger partial charge in [0.25, 0.3) is 0 Å². The molecule has 0 saturated carbocycles. The molecule has 35 heavy (non-hydrogen) atoms. The van der Waals surface area contributed by atoms with Gasteiger partial charge in [-0.2, -0.15) is 9.61 Å². The normalized spacial score (nSPS) is 10.8. The number of anilines is 3. The zero-order valence-corrected chi connectivity index (χ0v) is 20.3. The summed E-state index contributed by atoms with van der Waals surface area (Å²) in [6, 6.07) is 16.8. The van der Waals surface area contributed by atoms with Crippen LogP contribution in [0.3, 0.4) is 0 Å². The molecular weight excluding hydrogens is 468 g/mol. The SMILES string of the molecule is COc1ccc(CN(C)c2cc(Cl)nc3c(NC(=O)CCCOc4cccc(N)c4)cnn23)cc1. The van der Waals surface area contributed by atoms with Crippen LogP contribution in [0, 0.1) is 0 Å². The third-order valence-electron chi connectivity index (χ3n) is 5.34. The van der Waals surface area contributed by atoms with Crippen LogP contribution < -0.4 is 25.4 Å². The zero-order chi connectivity index (χ0) is 24.8. The number of carbonyl (C=O) groups excluding carboxylic acids is 1. The van der Waals surface area contributed by atoms with Crippen LogP contribution in [-0.4, -0.2) is 41.3 Å². The fourth-order valence-corrected chi connectivity index (χ4v) is 3.78. The number of nitrogens with zero attached hydrogens (tertiary/aromatic N) is 4. The lowest BCUT2D eigenvalue weighted by Gasteiger charge is -2.20. The first-order valence-corrected chi connectivity index (χ1v) is 11.5. The quantitative estimate of drug-likeness (QED) is 0.191. The van der Waals surface area contributed by atoms with Crippen molar-refractivity contribution in [2.45, 2.75) is 19.4 Å². The van der Waals surface area contributed by atoms with E-state index in [4.69, 9.17) is 26.8 Å². The van der Waals surface area contributed by atoms with Gasteiger partial charge in [0, 0.05) is 37.8 Å². The Morgan fingerprint density at radius 1 is 1.17 bits per heavy atom. The number of carbonyl (C=O) groups is 1. The number of nitrogens with two attached hydrogens (primary N) is 1. The van der Waals surface area contributed by atoms with Crippen molar-refractivity contribution in [3.05, 3.63) is 71.5 Å². The Morgan fingerprint density at radius 2 is 1.97 bits per heavy atom. The third kappa shape index (κ3) is 6.13. The average Bonchev–Trinajstić information content (AvgIpc) is 3.24. The fourth-order valence-electron chi connectivity index (χ4n) is 3.60. The molecule has 0 saturated heterocycles. The minimum Gasteiger partial charge on any atom is -0.497 e. The van der Waals surface area contributed by atoms with Gasteiger partial charge in [-0.25, -0.2) is 4.98 Å². The van der Waals surface area contributed by atoms with Crippen LogP contribution in [0.1, 0.15) is 18.4 Å². The Hall–Kier alpha value is -3.98. The molecule has 9 nitrogen and oxygen atoms in total. The number of rotatable bonds is 10. The molecule has 0 aliphatic heterocycles. The van der Waals surface area contributed by atoms with Gasteiger partial charge in [-0.05, 0) is 36.2 Å². The number of ether oxygens (including phenoxy) is 2. The van der Waals surface area contributed by atoms with E-state index in [9.17, 15) is 4.79 Å². The maximum atomic E-state index is 12.5. The summed E-state index contributed by atoms with van der Waals surface area (Å²) in [6.07, 6.45) is 2.40. The highest BCUT2D eigenvalue weighted by Crippen LogP contribution is 2.25. The van der Waals surface area contributed by atoms with E-state index in [0.717, 1.165) is 17.1 Å². The molecule has 0 unspecified atom stereocenters. The number of hydrogen-bond donors (Lipinski definition) is 2. The molecule has 0 bridgehead atoms. The number of halogens is 1. The van der Waals surface area contributed by atoms with E-state index in [1.54, 1.807) is 36.0 Å². The van der Waals surface area contributed by atoms with Crippen LogP contribution in [0.2, 0.25) is 5.15 Å². The summed E-state index contributed by atoms with van der Waals surface area (Å²) in [5.41, 5.74) is 8.44. The topological polar surface area (TPSA) is 107 Å². The first kappa shape index (κ1) is 24.2. The highest BCUT2D eigenvalue weighted by atomic mass is 35.5. The predicted molar refractivity (Wildman–Crippen MR) is 137 cm³/mol. The van der Waals surface area contributed by atoms with Crippen molar-refractivity contribution >= 4 is 40.3 Å². The van der Waals surface area contributed by atoms with Gasteiger partial charge in [0.05, 0.1) is 19.9 Å². The summed E-state index contributed by atoms with van der Waals surface area (Å²) in [5.74, 6) is 2.06. The van der Waals surface area contributed by atoms with Gasteiger partial charge in [0.2, 0.25) is 5.91 Å². The molecule has 182 valence electrons. The Balaban J connectivity index is 1.39. The summed E-state index contributed by atoms with van der Waals surface area (Å²) in [6.45, 7) is 1.02. The zero-order valence-electron chi connectivity index (χ0n) is 19.6. The monoisotopic (exact) mass is 494 g/mol. The van der Waals surface area contributed by atoms with E-state index >= 15 is 0 Å². The maximum absolute atomic E-state index is 12.5. The van der Waals surface area contributed by atoms with E-state index in [2.05, 4.69) is 15.4 Å². The van der Waals surface area contributed by atoms with Crippen LogP contribution in [0.4, 0.5) is 17.2 Å². The van der Waals surface area contributed by atoms with Gasteiger partial charge >= 0.3 is 0 Å². The van der Waals surface area contributed by atoms with Gasteiger partial charge in [-0.15, -0.1) is 0 Å². The predicted octanol–water partition coefficient (Wildman–Crippen LogP) is 4.41. The smallest absolute Gasteiger partial charge is 0.224 e. The molecule has 0 spiro atoms. The van der Waals surface area contributed by atoms with Crippen molar-refractivity contribution in [3.8, 4) is 11.5 Å². The van der Waals surface area contributed by atoms with Gasteiger partial charge in [0.15, 0.2) is 5.65 Å². The molecule has 3 N–H and O–H groups in total. The molecule has 2 heterocycles. The average molecular weight is 495 g/mol. The van der Waals surface area contributed by atoms with E-state index in [-0.39, 0.29) is 12.3 Å². The summed E-state index contributed by atoms with van der Waals surface area (Å²) < 4.78 is 12.5. The van der Waals surface area contributed by atoms with Crippen molar-refractivity contribution in [1.82, 2.24) is 14.6 Å². The molecular formula is C25H27ClN6O3. The standard InChI is InChI=1S/C25H27ClN6O3/c1-31(16-17-8-10-19(34-2)11-9-17)24-14-22(26)30-25-21(15-28-32(24)25)29-23(33)7-4-12-35-20-6-3-5-18(27)13-20/h3,5-6,8-11,13-15H,4,7,12,16,27H2,1-2H3,(H,29,33). The highest BCUT2D eigenvalue weighted by Gasteiger charge is 2.16. The Kier molecular flexibility index (Phi) is 7.57. The van der Waals surface area contributed by atoms with Crippen molar-refractivity contribution in [2.24, 2.45) is 0 Å². The Bertz CT molecular complexity index is 1310. The number of nitrogen functional groups attached to an aromatic ring is 1. The number of benzene rings is 2. The lowest BCUT2D eigenvalue weighted by Crippen LogP contribution is -2.20. The molecule has 0 aliphatic carbocycles. The second-order valence-corrected chi connectivity index (χ2v) is 8.39. The molecule has 0 radical (unpaired) electrons. The summed E-state index contributed by atoms with van der Waals surface area (Å²) in [4.78, 5) is 18.9. The summed E-state index contributed by atoms with van der Waals surface area (Å²) in [5, 5.41) is 7.61. The second kappa shape index (κ2) is 11.0. The van der Waals surface area contributed by atoms with Crippen LogP contribution >= 0.6 is 11.6 Å². The summed E-state index contributed by atoms with van der Waals surface area (Å²) >= 11 is 6.31.